The van der Waals surface area contributed by atoms with Gasteiger partial charge >= 0.3 is 11.9 Å². The smallest absolute Gasteiger partial charge is 0.326 e. The van der Waals surface area contributed by atoms with Crippen molar-refractivity contribution in [2.75, 3.05) is 20.3 Å². The monoisotopic (exact) mass is 500 g/mol. The van der Waals surface area contributed by atoms with Crippen LogP contribution in [0.25, 0.3) is 0 Å². The van der Waals surface area contributed by atoms with Crippen LogP contribution in [0.4, 0.5) is 0 Å². The molecule has 0 aromatic heterocycles. The highest BCUT2D eigenvalue weighted by Crippen LogP contribution is 2.14. The van der Waals surface area contributed by atoms with Gasteiger partial charge in [-0.05, 0) is 19.3 Å². The van der Waals surface area contributed by atoms with E-state index in [-0.39, 0.29) is 31.1 Å². The minimum atomic E-state index is -1.13. The van der Waals surface area contributed by atoms with Crippen molar-refractivity contribution >= 4 is 23.8 Å². The van der Waals surface area contributed by atoms with E-state index >= 15 is 0 Å². The highest BCUT2D eigenvalue weighted by atomic mass is 16.5. The zero-order valence-electron chi connectivity index (χ0n) is 21.7. The third kappa shape index (κ3) is 23.4. The lowest BCUT2D eigenvalue weighted by atomic mass is 10.0. The van der Waals surface area contributed by atoms with Crippen LogP contribution in [0.3, 0.4) is 0 Å². The third-order valence-corrected chi connectivity index (χ3v) is 5.97. The molecule has 0 saturated heterocycles. The van der Waals surface area contributed by atoms with Gasteiger partial charge in [-0.15, -0.1) is 0 Å². The van der Waals surface area contributed by atoms with Crippen molar-refractivity contribution in [1.29, 1.82) is 0 Å². The summed E-state index contributed by atoms with van der Waals surface area (Å²) in [6.07, 6.45) is 16.2. The second-order valence-corrected chi connectivity index (χ2v) is 9.18. The lowest BCUT2D eigenvalue weighted by Gasteiger charge is -2.14. The van der Waals surface area contributed by atoms with Crippen LogP contribution in [0.2, 0.25) is 0 Å². The van der Waals surface area contributed by atoms with Gasteiger partial charge in [-0.25, -0.2) is 4.79 Å². The molecule has 0 radical (unpaired) electrons. The number of unbranched alkanes of at least 4 members (excludes halogenated alkanes) is 13. The Hall–Kier alpha value is -2.16. The maximum Gasteiger partial charge on any atom is 0.326 e. The molecule has 0 unspecified atom stereocenters. The number of hydrogen-bond donors (Lipinski definition) is 4. The minimum Gasteiger partial charge on any atom is -0.481 e. The molecule has 0 aliphatic carbocycles. The summed E-state index contributed by atoms with van der Waals surface area (Å²) in [7, 11) is 1.53. The Labute approximate surface area is 210 Å². The molecule has 0 aliphatic heterocycles. The van der Waals surface area contributed by atoms with E-state index in [1.165, 1.54) is 52.1 Å². The number of rotatable bonds is 25. The first-order chi connectivity index (χ1) is 16.9. The molecule has 0 bridgehead atoms. The van der Waals surface area contributed by atoms with Gasteiger partial charge in [0.1, 0.15) is 6.04 Å². The predicted octanol–water partition coefficient (Wildman–Crippen LogP) is 4.42. The number of carbonyl (C=O) groups is 4. The molecular weight excluding hydrogens is 452 g/mol. The number of aliphatic carboxylic acids is 2. The van der Waals surface area contributed by atoms with Gasteiger partial charge in [0.25, 0.3) is 0 Å². The maximum absolute atomic E-state index is 12.1. The third-order valence-electron chi connectivity index (χ3n) is 5.97. The van der Waals surface area contributed by atoms with Gasteiger partial charge in [0.2, 0.25) is 11.8 Å². The average Bonchev–Trinajstić information content (AvgIpc) is 2.81. The zero-order valence-corrected chi connectivity index (χ0v) is 21.7. The number of carboxylic acid groups (broad SMARTS) is 2. The van der Waals surface area contributed by atoms with Gasteiger partial charge in [0.05, 0.1) is 6.61 Å². The second-order valence-electron chi connectivity index (χ2n) is 9.18. The van der Waals surface area contributed by atoms with Crippen LogP contribution in [-0.2, 0) is 23.9 Å². The molecule has 9 nitrogen and oxygen atoms in total. The summed E-state index contributed by atoms with van der Waals surface area (Å²) in [5.41, 5.74) is 0. The fraction of sp³-hybridized carbons (Fsp3) is 0.846. The van der Waals surface area contributed by atoms with Gasteiger partial charge in [-0.1, -0.05) is 77.0 Å². The number of hydrogen-bond acceptors (Lipinski definition) is 5. The molecule has 0 heterocycles. The Morgan fingerprint density at radius 3 is 1.54 bits per heavy atom. The van der Waals surface area contributed by atoms with E-state index in [1.54, 1.807) is 0 Å². The van der Waals surface area contributed by atoms with Gasteiger partial charge in [-0.3, -0.25) is 14.4 Å². The van der Waals surface area contributed by atoms with Crippen molar-refractivity contribution in [2.24, 2.45) is 0 Å². The zero-order chi connectivity index (χ0) is 26.2. The molecule has 0 aromatic carbocycles. The van der Waals surface area contributed by atoms with Crippen LogP contribution in [0.1, 0.15) is 116 Å². The molecular formula is C26H48N2O7. The van der Waals surface area contributed by atoms with E-state index in [9.17, 15) is 24.3 Å². The quantitative estimate of drug-likeness (QED) is 0.136. The van der Waals surface area contributed by atoms with Gasteiger partial charge in [0, 0.05) is 32.9 Å². The second kappa shape index (κ2) is 23.6. The first kappa shape index (κ1) is 32.8. The van der Waals surface area contributed by atoms with Crippen molar-refractivity contribution in [2.45, 2.75) is 122 Å². The fourth-order valence-electron chi connectivity index (χ4n) is 3.86. The van der Waals surface area contributed by atoms with Crippen molar-refractivity contribution in [3.8, 4) is 0 Å². The SMILES string of the molecule is COCCNC(=O)CC[C@H](NC(=O)CCCCCCCCCCCCCCCCC(=O)O)C(=O)O. The van der Waals surface area contributed by atoms with E-state index in [2.05, 4.69) is 10.6 Å². The molecule has 1 atom stereocenters. The van der Waals surface area contributed by atoms with Gasteiger partial charge in [0.15, 0.2) is 0 Å². The molecule has 4 N–H and O–H groups in total. The normalized spacial score (nSPS) is 11.7. The fourth-order valence-corrected chi connectivity index (χ4v) is 3.86. The summed E-state index contributed by atoms with van der Waals surface area (Å²) in [5.74, 6) is -2.36. The first-order valence-corrected chi connectivity index (χ1v) is 13.4. The standard InChI is InChI=1S/C26H48N2O7/c1-35-21-20-27-23(29)19-18-22(26(33)34)28-24(30)16-14-12-10-8-6-4-2-3-5-7-9-11-13-15-17-25(31)32/h22H,2-21H2,1H3,(H,27,29)(H,28,30)(H,31,32)(H,33,34)/t22-/m0/s1. The maximum atomic E-state index is 12.1. The van der Waals surface area contributed by atoms with Gasteiger partial charge < -0.3 is 25.6 Å². The van der Waals surface area contributed by atoms with Crippen LogP contribution in [0.15, 0.2) is 0 Å². The molecule has 9 heteroatoms. The summed E-state index contributed by atoms with van der Waals surface area (Å²) < 4.78 is 4.84. The van der Waals surface area contributed by atoms with E-state index in [4.69, 9.17) is 9.84 Å². The highest BCUT2D eigenvalue weighted by Gasteiger charge is 2.20. The molecule has 0 rings (SSSR count). The average molecular weight is 501 g/mol. The molecule has 0 spiro atoms. The van der Waals surface area contributed by atoms with E-state index < -0.39 is 18.0 Å². The number of amides is 2. The Bertz CT molecular complexity index is 584. The Balaban J connectivity index is 3.58. The van der Waals surface area contributed by atoms with E-state index in [0.717, 1.165) is 44.9 Å². The Kier molecular flexibility index (Phi) is 22.1. The van der Waals surface area contributed by atoms with Crippen molar-refractivity contribution < 1.29 is 34.1 Å². The van der Waals surface area contributed by atoms with Crippen LogP contribution < -0.4 is 10.6 Å². The number of carboxylic acids is 2. The van der Waals surface area contributed by atoms with Crippen molar-refractivity contribution in [3.63, 3.8) is 0 Å². The number of carbonyl (C=O) groups excluding carboxylic acids is 2. The lowest BCUT2D eigenvalue weighted by Crippen LogP contribution is -2.41. The predicted molar refractivity (Wildman–Crippen MR) is 135 cm³/mol. The van der Waals surface area contributed by atoms with Gasteiger partial charge in [-0.2, -0.15) is 0 Å². The van der Waals surface area contributed by atoms with Crippen molar-refractivity contribution in [3.05, 3.63) is 0 Å². The molecule has 0 fully saturated rings. The van der Waals surface area contributed by atoms with Crippen LogP contribution in [0, 0.1) is 0 Å². The van der Waals surface area contributed by atoms with Crippen molar-refractivity contribution in [1.82, 2.24) is 10.6 Å². The van der Waals surface area contributed by atoms with E-state index in [1.807, 2.05) is 0 Å². The molecule has 204 valence electrons. The van der Waals surface area contributed by atoms with E-state index in [0.29, 0.717) is 19.6 Å². The minimum absolute atomic E-state index is 0.0373. The Morgan fingerprint density at radius 1 is 0.657 bits per heavy atom. The lowest BCUT2D eigenvalue weighted by molar-refractivity contribution is -0.142. The van der Waals surface area contributed by atoms with Crippen LogP contribution >= 0.6 is 0 Å². The summed E-state index contributed by atoms with van der Waals surface area (Å²) >= 11 is 0. The summed E-state index contributed by atoms with van der Waals surface area (Å²) in [6.45, 7) is 0.767. The topological polar surface area (TPSA) is 142 Å². The summed E-state index contributed by atoms with van der Waals surface area (Å²) in [5, 5.41) is 23.0. The largest absolute Gasteiger partial charge is 0.481 e. The number of nitrogens with one attached hydrogen (secondary N) is 2. The Morgan fingerprint density at radius 2 is 1.11 bits per heavy atom. The first-order valence-electron chi connectivity index (χ1n) is 13.4. The molecule has 35 heavy (non-hydrogen) atoms. The number of methoxy groups -OCH3 is 1. The number of ether oxygens (including phenoxy) is 1. The highest BCUT2D eigenvalue weighted by molar-refractivity contribution is 5.84. The van der Waals surface area contributed by atoms with Crippen LogP contribution in [-0.4, -0.2) is 60.3 Å². The molecule has 2 amide bonds. The van der Waals surface area contributed by atoms with Crippen LogP contribution in [0.5, 0.6) is 0 Å². The molecule has 0 aliphatic rings. The molecule has 0 saturated carbocycles. The molecule has 0 aromatic rings. The summed E-state index contributed by atoms with van der Waals surface area (Å²) in [6, 6.07) is -1.05. The summed E-state index contributed by atoms with van der Waals surface area (Å²) in [4.78, 5) is 45.5.